The van der Waals surface area contributed by atoms with Gasteiger partial charge >= 0.3 is 6.18 Å². The summed E-state index contributed by atoms with van der Waals surface area (Å²) in [7, 11) is 0. The van der Waals surface area contributed by atoms with Gasteiger partial charge < -0.3 is 5.11 Å². The Labute approximate surface area is 110 Å². The van der Waals surface area contributed by atoms with Crippen LogP contribution in [-0.2, 0) is 6.42 Å². The molecule has 1 aromatic rings. The van der Waals surface area contributed by atoms with Crippen molar-refractivity contribution in [3.8, 4) is 0 Å². The Morgan fingerprint density at radius 3 is 2.42 bits per heavy atom. The molecule has 0 amide bonds. The van der Waals surface area contributed by atoms with Crippen LogP contribution in [0.2, 0.25) is 0 Å². The maximum Gasteiger partial charge on any atom is 0.391 e. The average Bonchev–Trinajstić information content (AvgIpc) is 2.39. The Morgan fingerprint density at radius 1 is 1.21 bits per heavy atom. The lowest BCUT2D eigenvalue weighted by molar-refractivity contribution is -0.185. The summed E-state index contributed by atoms with van der Waals surface area (Å²) in [4.78, 5) is 4.13. The number of rotatable bonds is 3. The highest BCUT2D eigenvalue weighted by Gasteiger charge is 2.42. The maximum atomic E-state index is 12.5. The third kappa shape index (κ3) is 3.93. The van der Waals surface area contributed by atoms with E-state index in [0.717, 1.165) is 5.69 Å². The molecule has 2 nitrogen and oxygen atoms in total. The molecule has 1 N–H and O–H groups in total. The molecule has 1 saturated carbocycles. The van der Waals surface area contributed by atoms with E-state index in [9.17, 15) is 18.3 Å². The molecule has 1 atom stereocenters. The first-order valence-corrected chi connectivity index (χ1v) is 6.61. The fraction of sp³-hybridized carbons (Fsp3) is 0.643. The van der Waals surface area contributed by atoms with Gasteiger partial charge in [-0.15, -0.1) is 0 Å². The summed E-state index contributed by atoms with van der Waals surface area (Å²) in [6.07, 6.45) is -1.46. The lowest BCUT2D eigenvalue weighted by Gasteiger charge is -2.32. The van der Waals surface area contributed by atoms with Gasteiger partial charge in [-0.25, -0.2) is 0 Å². The molecular weight excluding hydrogens is 255 g/mol. The highest BCUT2D eigenvalue weighted by Crippen LogP contribution is 2.40. The molecule has 19 heavy (non-hydrogen) atoms. The van der Waals surface area contributed by atoms with Crippen LogP contribution in [0, 0.1) is 11.8 Å². The zero-order valence-electron chi connectivity index (χ0n) is 10.6. The monoisotopic (exact) mass is 273 g/mol. The van der Waals surface area contributed by atoms with Gasteiger partial charge in [0.2, 0.25) is 0 Å². The van der Waals surface area contributed by atoms with E-state index in [1.165, 1.54) is 0 Å². The Kier molecular flexibility index (Phi) is 4.45. The first-order chi connectivity index (χ1) is 8.97. The van der Waals surface area contributed by atoms with E-state index in [4.69, 9.17) is 0 Å². The molecule has 0 saturated heterocycles. The van der Waals surface area contributed by atoms with Crippen molar-refractivity contribution < 1.29 is 18.3 Å². The number of aliphatic hydroxyl groups is 1. The first kappa shape index (κ1) is 14.3. The molecule has 2 rings (SSSR count). The van der Waals surface area contributed by atoms with Crippen molar-refractivity contribution in [1.29, 1.82) is 0 Å². The van der Waals surface area contributed by atoms with Crippen molar-refractivity contribution in [3.05, 3.63) is 30.1 Å². The van der Waals surface area contributed by atoms with Gasteiger partial charge in [0.15, 0.2) is 0 Å². The first-order valence-electron chi connectivity index (χ1n) is 6.61. The van der Waals surface area contributed by atoms with Crippen LogP contribution >= 0.6 is 0 Å². The lowest BCUT2D eigenvalue weighted by atomic mass is 9.78. The van der Waals surface area contributed by atoms with Crippen molar-refractivity contribution in [1.82, 2.24) is 4.98 Å². The molecule has 1 unspecified atom stereocenters. The molecule has 1 fully saturated rings. The van der Waals surface area contributed by atoms with Crippen LogP contribution in [0.4, 0.5) is 13.2 Å². The van der Waals surface area contributed by atoms with Gasteiger partial charge in [-0.05, 0) is 43.7 Å². The molecule has 1 aliphatic rings. The minimum atomic E-state index is -4.09. The van der Waals surface area contributed by atoms with Gasteiger partial charge in [-0.2, -0.15) is 13.2 Å². The Bertz CT molecular complexity index is 385. The molecule has 1 aliphatic carbocycles. The Balaban J connectivity index is 1.84. The van der Waals surface area contributed by atoms with Crippen molar-refractivity contribution in [2.24, 2.45) is 11.8 Å². The van der Waals surface area contributed by atoms with E-state index in [1.54, 1.807) is 12.3 Å². The highest BCUT2D eigenvalue weighted by molar-refractivity contribution is 5.05. The summed E-state index contributed by atoms with van der Waals surface area (Å²) < 4.78 is 37.6. The minimum Gasteiger partial charge on any atom is -0.392 e. The quantitative estimate of drug-likeness (QED) is 0.916. The largest absolute Gasteiger partial charge is 0.392 e. The molecule has 0 aliphatic heterocycles. The van der Waals surface area contributed by atoms with E-state index in [1.807, 2.05) is 12.1 Å². The number of hydrogen-bond donors (Lipinski definition) is 1. The smallest absolute Gasteiger partial charge is 0.391 e. The number of aromatic nitrogens is 1. The van der Waals surface area contributed by atoms with E-state index in [2.05, 4.69) is 4.98 Å². The molecular formula is C14H18F3NO. The molecule has 1 heterocycles. The highest BCUT2D eigenvalue weighted by atomic mass is 19.4. The van der Waals surface area contributed by atoms with Crippen LogP contribution in [0.25, 0.3) is 0 Å². The minimum absolute atomic E-state index is 0.0411. The summed E-state index contributed by atoms with van der Waals surface area (Å²) in [6.45, 7) is 0. The van der Waals surface area contributed by atoms with Crippen molar-refractivity contribution in [3.63, 3.8) is 0 Å². The van der Waals surface area contributed by atoms with E-state index in [-0.39, 0.29) is 18.8 Å². The third-order valence-electron chi connectivity index (χ3n) is 3.92. The molecule has 1 aromatic heterocycles. The van der Waals surface area contributed by atoms with Crippen LogP contribution in [0.5, 0.6) is 0 Å². The molecule has 0 spiro atoms. The summed E-state index contributed by atoms with van der Waals surface area (Å²) in [6, 6.07) is 5.46. The second-order valence-electron chi connectivity index (χ2n) is 5.25. The second-order valence-corrected chi connectivity index (χ2v) is 5.25. The molecule has 0 aromatic carbocycles. The van der Waals surface area contributed by atoms with Crippen molar-refractivity contribution >= 4 is 0 Å². The van der Waals surface area contributed by atoms with Gasteiger partial charge in [-0.3, -0.25) is 4.98 Å². The van der Waals surface area contributed by atoms with Crippen LogP contribution in [-0.4, -0.2) is 22.4 Å². The molecule has 0 radical (unpaired) electrons. The van der Waals surface area contributed by atoms with Gasteiger partial charge in [0, 0.05) is 18.3 Å². The SMILES string of the molecule is OC(Cc1ccccn1)C1CCC(C(F)(F)F)CC1. The number of pyridine rings is 1. The van der Waals surface area contributed by atoms with E-state index < -0.39 is 18.2 Å². The molecule has 0 bridgehead atoms. The zero-order chi connectivity index (χ0) is 13.9. The molecule has 106 valence electrons. The topological polar surface area (TPSA) is 33.1 Å². The van der Waals surface area contributed by atoms with E-state index in [0.29, 0.717) is 19.3 Å². The maximum absolute atomic E-state index is 12.5. The Hall–Kier alpha value is -1.10. The number of alkyl halides is 3. The summed E-state index contributed by atoms with van der Waals surface area (Å²) in [5.74, 6) is -1.23. The fourth-order valence-electron chi connectivity index (χ4n) is 2.73. The van der Waals surface area contributed by atoms with Gasteiger partial charge in [0.25, 0.3) is 0 Å². The lowest BCUT2D eigenvalue weighted by Crippen LogP contribution is -2.32. The van der Waals surface area contributed by atoms with Gasteiger partial charge in [0.1, 0.15) is 0 Å². The van der Waals surface area contributed by atoms with Crippen molar-refractivity contribution in [2.45, 2.75) is 44.4 Å². The third-order valence-corrected chi connectivity index (χ3v) is 3.92. The number of aliphatic hydroxyl groups excluding tert-OH is 1. The summed E-state index contributed by atoms with van der Waals surface area (Å²) in [5.41, 5.74) is 0.785. The fourth-order valence-corrected chi connectivity index (χ4v) is 2.73. The van der Waals surface area contributed by atoms with Crippen LogP contribution in [0.3, 0.4) is 0 Å². The zero-order valence-corrected chi connectivity index (χ0v) is 10.6. The van der Waals surface area contributed by atoms with Gasteiger partial charge in [-0.1, -0.05) is 6.07 Å². The number of nitrogens with zero attached hydrogens (tertiary/aromatic N) is 1. The number of hydrogen-bond acceptors (Lipinski definition) is 2. The molecule has 5 heteroatoms. The standard InChI is InChI=1S/C14H18F3NO/c15-14(16,17)11-6-4-10(5-7-11)13(19)9-12-3-1-2-8-18-12/h1-3,8,10-11,13,19H,4-7,9H2. The van der Waals surface area contributed by atoms with E-state index >= 15 is 0 Å². The Morgan fingerprint density at radius 2 is 1.89 bits per heavy atom. The van der Waals surface area contributed by atoms with Crippen LogP contribution in [0.15, 0.2) is 24.4 Å². The second kappa shape index (κ2) is 5.90. The average molecular weight is 273 g/mol. The van der Waals surface area contributed by atoms with Crippen molar-refractivity contribution in [2.75, 3.05) is 0 Å². The summed E-state index contributed by atoms with van der Waals surface area (Å²) in [5, 5.41) is 10.1. The van der Waals surface area contributed by atoms with Crippen LogP contribution in [0.1, 0.15) is 31.4 Å². The van der Waals surface area contributed by atoms with Crippen LogP contribution < -0.4 is 0 Å². The predicted molar refractivity (Wildman–Crippen MR) is 65.5 cm³/mol. The van der Waals surface area contributed by atoms with Gasteiger partial charge in [0.05, 0.1) is 12.0 Å². The number of halogens is 3. The summed E-state index contributed by atoms with van der Waals surface area (Å²) >= 11 is 0. The normalized spacial score (nSPS) is 26.1. The predicted octanol–water partition coefficient (Wildman–Crippen LogP) is 3.35.